The van der Waals surface area contributed by atoms with Crippen LogP contribution in [-0.4, -0.2) is 215 Å². The van der Waals surface area contributed by atoms with Gasteiger partial charge in [0.05, 0.1) is 32.2 Å². The Labute approximate surface area is 436 Å². The van der Waals surface area contributed by atoms with Gasteiger partial charge in [0.1, 0.15) is 6.04 Å². The van der Waals surface area contributed by atoms with E-state index in [2.05, 4.69) is 26.6 Å². The molecule has 4 atom stereocenters. The fraction of sp³-hybridized carbons (Fsp3) is 0.653. The summed E-state index contributed by atoms with van der Waals surface area (Å²) in [6.07, 6.45) is -4.10. The van der Waals surface area contributed by atoms with Crippen molar-refractivity contribution >= 4 is 66.2 Å². The highest BCUT2D eigenvalue weighted by molar-refractivity contribution is 5.89. The molecule has 1 aromatic rings. The van der Waals surface area contributed by atoms with E-state index in [1.54, 1.807) is 19.6 Å². The van der Waals surface area contributed by atoms with Crippen molar-refractivity contribution in [2.75, 3.05) is 78.5 Å². The predicted molar refractivity (Wildman–Crippen MR) is 267 cm³/mol. The van der Waals surface area contributed by atoms with E-state index in [0.717, 1.165) is 11.1 Å². The first kappa shape index (κ1) is 64.5. The zero-order chi connectivity index (χ0) is 56.3. The first-order valence-electron chi connectivity index (χ1n) is 24.7. The minimum absolute atomic E-state index is 0.0366. The SMILES string of the molecule is CC(C)(C)N[C@@H](Cc1cccc(CNC(=O)CC[C@H](NC(=O)CC[C@H](NC(=O)CC[C@H](NC(=O)CN2CCN(CC(=O)O)CCN(CC(=O)O)CCN(CC(=O)O)CC2)OC=O)C(=O)O)OC=O)c1)C(=O)C(C)(C)C. The third kappa shape index (κ3) is 28.6. The second-order valence-electron chi connectivity index (χ2n) is 20.3. The second-order valence-corrected chi connectivity index (χ2v) is 20.3. The average molecular weight is 1060 g/mol. The monoisotopic (exact) mass is 1060 g/mol. The van der Waals surface area contributed by atoms with Crippen LogP contribution in [0.1, 0.15) is 91.2 Å². The summed E-state index contributed by atoms with van der Waals surface area (Å²) in [5.74, 6) is -7.48. The Balaban J connectivity index is 1.95. The van der Waals surface area contributed by atoms with Crippen molar-refractivity contribution in [3.63, 3.8) is 0 Å². The van der Waals surface area contributed by atoms with Crippen LogP contribution in [0.4, 0.5) is 0 Å². The molecule has 420 valence electrons. The minimum Gasteiger partial charge on any atom is -0.480 e. The average Bonchev–Trinajstić information content (AvgIpc) is 3.29. The van der Waals surface area contributed by atoms with E-state index < -0.39 is 96.7 Å². The van der Waals surface area contributed by atoms with Crippen LogP contribution in [0.3, 0.4) is 0 Å². The van der Waals surface area contributed by atoms with Gasteiger partial charge >= 0.3 is 23.9 Å². The van der Waals surface area contributed by atoms with Crippen LogP contribution >= 0.6 is 0 Å². The number of Topliss-reactive ketones (excluding diaryl/α,β-unsaturated/α-hetero) is 1. The lowest BCUT2D eigenvalue weighted by atomic mass is 9.83. The maximum Gasteiger partial charge on any atom is 0.326 e. The number of carboxylic acid groups (broad SMARTS) is 4. The van der Waals surface area contributed by atoms with Crippen LogP contribution in [0, 0.1) is 5.41 Å². The fourth-order valence-electron chi connectivity index (χ4n) is 7.92. The van der Waals surface area contributed by atoms with E-state index in [0.29, 0.717) is 6.42 Å². The lowest BCUT2D eigenvalue weighted by Crippen LogP contribution is -2.51. The highest BCUT2D eigenvalue weighted by atomic mass is 16.5. The molecule has 1 aliphatic rings. The van der Waals surface area contributed by atoms with E-state index in [4.69, 9.17) is 9.47 Å². The fourth-order valence-corrected chi connectivity index (χ4v) is 7.92. The van der Waals surface area contributed by atoms with E-state index in [1.165, 1.54) is 0 Å². The Bertz CT molecular complexity index is 2060. The van der Waals surface area contributed by atoms with Crippen LogP contribution in [0.5, 0.6) is 0 Å². The van der Waals surface area contributed by atoms with Gasteiger partial charge in [-0.15, -0.1) is 0 Å². The summed E-state index contributed by atoms with van der Waals surface area (Å²) in [6.45, 7) is 11.6. The number of benzene rings is 1. The number of hydrogen-bond donors (Lipinski definition) is 9. The molecule has 0 unspecified atom stereocenters. The minimum atomic E-state index is -1.58. The van der Waals surface area contributed by atoms with Crippen LogP contribution in [0.2, 0.25) is 0 Å². The molecule has 0 aromatic heterocycles. The van der Waals surface area contributed by atoms with Gasteiger partial charge in [-0.3, -0.25) is 67.5 Å². The molecule has 1 aliphatic heterocycles. The zero-order valence-electron chi connectivity index (χ0n) is 43.8. The molecule has 9 N–H and O–H groups in total. The van der Waals surface area contributed by atoms with Crippen LogP contribution in [-0.2, 0) is 75.2 Å². The number of nitrogens with one attached hydrogen (secondary N) is 5. The summed E-state index contributed by atoms with van der Waals surface area (Å²) >= 11 is 0. The van der Waals surface area contributed by atoms with Crippen molar-refractivity contribution in [2.24, 2.45) is 5.41 Å². The Morgan fingerprint density at radius 3 is 1.40 bits per heavy atom. The van der Waals surface area contributed by atoms with Gasteiger partial charge in [0, 0.05) is 102 Å². The van der Waals surface area contributed by atoms with Crippen molar-refractivity contribution in [1.29, 1.82) is 0 Å². The topological polar surface area (TPSA) is 360 Å². The third-order valence-electron chi connectivity index (χ3n) is 11.6. The lowest BCUT2D eigenvalue weighted by molar-refractivity contribution is -0.143. The number of carbonyl (C=O) groups excluding carboxylic acids is 7. The van der Waals surface area contributed by atoms with Gasteiger partial charge < -0.3 is 56.5 Å². The number of nitrogens with zero attached hydrogens (tertiary/aromatic N) is 4. The zero-order valence-corrected chi connectivity index (χ0v) is 43.8. The molecule has 75 heavy (non-hydrogen) atoms. The molecule has 1 heterocycles. The van der Waals surface area contributed by atoms with Gasteiger partial charge in [-0.1, -0.05) is 45.0 Å². The molecule has 26 nitrogen and oxygen atoms in total. The van der Waals surface area contributed by atoms with E-state index >= 15 is 0 Å². The first-order valence-corrected chi connectivity index (χ1v) is 24.7. The summed E-state index contributed by atoms with van der Waals surface area (Å²) in [4.78, 5) is 141. The third-order valence-corrected chi connectivity index (χ3v) is 11.6. The Morgan fingerprint density at radius 1 is 0.560 bits per heavy atom. The van der Waals surface area contributed by atoms with Crippen LogP contribution in [0.25, 0.3) is 0 Å². The molecule has 4 amide bonds. The first-order chi connectivity index (χ1) is 35.2. The number of rotatable bonds is 31. The largest absolute Gasteiger partial charge is 0.480 e. The Morgan fingerprint density at radius 2 is 0.973 bits per heavy atom. The number of carbonyl (C=O) groups is 11. The second kappa shape index (κ2) is 32.6. The van der Waals surface area contributed by atoms with Crippen molar-refractivity contribution in [1.82, 2.24) is 46.2 Å². The smallest absolute Gasteiger partial charge is 0.326 e. The highest BCUT2D eigenvalue weighted by Crippen LogP contribution is 2.21. The summed E-state index contributed by atoms with van der Waals surface area (Å²) in [5, 5.41) is 51.6. The summed E-state index contributed by atoms with van der Waals surface area (Å²) in [5.41, 5.74) is 0.791. The number of aliphatic carboxylic acids is 4. The van der Waals surface area contributed by atoms with Crippen LogP contribution < -0.4 is 26.6 Å². The number of amides is 4. The predicted octanol–water partition coefficient (Wildman–Crippen LogP) is -1.17. The quantitative estimate of drug-likeness (QED) is 0.0313. The molecule has 0 bridgehead atoms. The van der Waals surface area contributed by atoms with Gasteiger partial charge in [-0.2, -0.15) is 0 Å². The molecule has 2 rings (SSSR count). The molecule has 0 spiro atoms. The van der Waals surface area contributed by atoms with Crippen LogP contribution in [0.15, 0.2) is 24.3 Å². The van der Waals surface area contributed by atoms with E-state index in [-0.39, 0.29) is 129 Å². The lowest BCUT2D eigenvalue weighted by Gasteiger charge is -2.33. The van der Waals surface area contributed by atoms with Crippen molar-refractivity contribution in [3.8, 4) is 0 Å². The Hall–Kier alpha value is -6.61. The number of ketones is 1. The standard InChI is InChI=1S/C49H77N9O17/c1-48(2,3)46(71)36(54-49(4,5)6)25-33-8-7-9-34(24-33)26-50-37(61)12-14-41(74-31-59)52-39(63)11-10-35(47(72)73)51-38(62)13-15-42(75-32-60)53-40(64)27-55-16-18-56(28-43(65)66)20-22-58(30-45(69)70)23-21-57(19-17-55)29-44(67)68/h7-9,24,31-32,35-36,41-42,54H,10-23,25-30H2,1-6H3,(H,50,61)(H,51,62)(H,52,63)(H,53,64)(H,65,66)(H,67,68)(H,69,70)(H,72,73)/t35-,36-,41+,42+/m0/s1. The van der Waals surface area contributed by atoms with Gasteiger partial charge in [-0.05, 0) is 44.7 Å². The van der Waals surface area contributed by atoms with Gasteiger partial charge in [0.25, 0.3) is 12.9 Å². The van der Waals surface area contributed by atoms with Crippen molar-refractivity contribution < 1.29 is 82.6 Å². The molecule has 1 saturated heterocycles. The summed E-state index contributed by atoms with van der Waals surface area (Å²) in [7, 11) is 0. The molecule has 0 saturated carbocycles. The normalized spacial score (nSPS) is 16.2. The van der Waals surface area contributed by atoms with E-state index in [9.17, 15) is 73.2 Å². The number of hydrogen-bond acceptors (Lipinski definition) is 18. The van der Waals surface area contributed by atoms with Gasteiger partial charge in [0.15, 0.2) is 18.2 Å². The molecule has 26 heteroatoms. The Kier molecular flexibility index (Phi) is 28.1. The molecular formula is C49H77N9O17. The van der Waals surface area contributed by atoms with Crippen molar-refractivity contribution in [2.45, 2.75) is 123 Å². The molecule has 1 fully saturated rings. The molecular weight excluding hydrogens is 987 g/mol. The molecule has 0 radical (unpaired) electrons. The molecule has 0 aliphatic carbocycles. The van der Waals surface area contributed by atoms with E-state index in [1.807, 2.05) is 65.8 Å². The highest BCUT2D eigenvalue weighted by Gasteiger charge is 2.32. The van der Waals surface area contributed by atoms with Gasteiger partial charge in [0.2, 0.25) is 23.6 Å². The summed E-state index contributed by atoms with van der Waals surface area (Å²) < 4.78 is 9.93. The maximum atomic E-state index is 13.3. The van der Waals surface area contributed by atoms with Crippen molar-refractivity contribution in [3.05, 3.63) is 35.4 Å². The number of ether oxygens (including phenoxy) is 2. The number of carboxylic acids is 4. The van der Waals surface area contributed by atoms with Gasteiger partial charge in [-0.25, -0.2) is 4.79 Å². The maximum absolute atomic E-state index is 13.3. The summed E-state index contributed by atoms with van der Waals surface area (Å²) in [6, 6.07) is 5.44. The molecule has 1 aromatic carbocycles.